The highest BCUT2D eigenvalue weighted by molar-refractivity contribution is 4.95. The predicted octanol–water partition coefficient (Wildman–Crippen LogP) is 1.17. The molecule has 0 unspecified atom stereocenters. The molecule has 0 aromatic carbocycles. The molecule has 2 saturated heterocycles. The summed E-state index contributed by atoms with van der Waals surface area (Å²) < 4.78 is 0. The Balaban J connectivity index is 1.64. The van der Waals surface area contributed by atoms with Gasteiger partial charge in [-0.3, -0.25) is 10.3 Å². The molecule has 0 amide bonds. The summed E-state index contributed by atoms with van der Waals surface area (Å²) in [4.78, 5) is 4.97. The van der Waals surface area contributed by atoms with E-state index >= 15 is 0 Å². The molecule has 19 heavy (non-hydrogen) atoms. The molecular weight excluding hydrogens is 236 g/mol. The summed E-state index contributed by atoms with van der Waals surface area (Å²) >= 11 is 0. The van der Waals surface area contributed by atoms with Crippen LogP contribution in [-0.4, -0.2) is 73.7 Å². The Kier molecular flexibility index (Phi) is 5.82. The van der Waals surface area contributed by atoms with Crippen LogP contribution in [-0.2, 0) is 0 Å². The van der Waals surface area contributed by atoms with Crippen LogP contribution >= 0.6 is 0 Å². The zero-order valence-corrected chi connectivity index (χ0v) is 12.9. The molecule has 2 rings (SSSR count). The molecule has 2 aliphatic heterocycles. The lowest BCUT2D eigenvalue weighted by molar-refractivity contribution is 0.0684. The third kappa shape index (κ3) is 5.22. The fourth-order valence-corrected chi connectivity index (χ4v) is 2.75. The van der Waals surface area contributed by atoms with E-state index in [4.69, 9.17) is 0 Å². The molecule has 0 saturated carbocycles. The Morgan fingerprint density at radius 2 is 1.68 bits per heavy atom. The Hall–Kier alpha value is -0.420. The van der Waals surface area contributed by atoms with Gasteiger partial charge in [0, 0.05) is 38.8 Å². The monoisotopic (exact) mass is 266 g/mol. The van der Waals surface area contributed by atoms with Crippen LogP contribution in [0.5, 0.6) is 0 Å². The first-order valence-corrected chi connectivity index (χ1v) is 7.69. The first-order valence-electron chi connectivity index (χ1n) is 7.69. The molecule has 2 fully saturated rings. The number of piperidine rings is 1. The van der Waals surface area contributed by atoms with Crippen molar-refractivity contribution in [1.82, 2.24) is 20.2 Å². The zero-order chi connectivity index (χ0) is 13.7. The second-order valence-electron chi connectivity index (χ2n) is 6.28. The largest absolute Gasteiger partial charge is 0.304 e. The number of nitrogens with one attached hydrogen (secondary N) is 1. The minimum Gasteiger partial charge on any atom is -0.304 e. The predicted molar refractivity (Wildman–Crippen MR) is 81.1 cm³/mol. The summed E-state index contributed by atoms with van der Waals surface area (Å²) in [7, 11) is 2.21. The minimum absolute atomic E-state index is 0.686. The lowest BCUT2D eigenvalue weighted by atomic mass is 10.1. The van der Waals surface area contributed by atoms with Crippen LogP contribution in [0.2, 0.25) is 0 Å². The normalized spacial score (nSPS) is 24.6. The van der Waals surface area contributed by atoms with Gasteiger partial charge in [-0.25, -0.2) is 5.01 Å². The minimum atomic E-state index is 0.686. The number of allylic oxidation sites excluding steroid dienone is 1. The lowest BCUT2D eigenvalue weighted by Gasteiger charge is -2.38. The van der Waals surface area contributed by atoms with E-state index in [2.05, 4.69) is 47.2 Å². The van der Waals surface area contributed by atoms with Gasteiger partial charge in [-0.2, -0.15) is 0 Å². The molecule has 4 heteroatoms. The van der Waals surface area contributed by atoms with Crippen molar-refractivity contribution in [2.75, 3.05) is 52.9 Å². The summed E-state index contributed by atoms with van der Waals surface area (Å²) in [5.74, 6) is 0. The molecule has 1 N–H and O–H groups in total. The third-order valence-electron chi connectivity index (χ3n) is 4.21. The SMILES string of the molecule is CC(C)=CCN1CCC(NN2CCN(C)CC2)CC1. The summed E-state index contributed by atoms with van der Waals surface area (Å²) in [6, 6.07) is 0.686. The van der Waals surface area contributed by atoms with Crippen LogP contribution in [0.1, 0.15) is 26.7 Å². The Labute approximate surface area is 118 Å². The molecule has 2 heterocycles. The van der Waals surface area contributed by atoms with Gasteiger partial charge >= 0.3 is 0 Å². The highest BCUT2D eigenvalue weighted by Crippen LogP contribution is 2.11. The van der Waals surface area contributed by atoms with Gasteiger partial charge in [0.25, 0.3) is 0 Å². The van der Waals surface area contributed by atoms with Crippen molar-refractivity contribution in [3.8, 4) is 0 Å². The first-order chi connectivity index (χ1) is 9.13. The molecule has 0 bridgehead atoms. The van der Waals surface area contributed by atoms with E-state index in [9.17, 15) is 0 Å². The quantitative estimate of drug-likeness (QED) is 0.771. The van der Waals surface area contributed by atoms with E-state index in [0.29, 0.717) is 6.04 Å². The van der Waals surface area contributed by atoms with Gasteiger partial charge in [-0.05, 0) is 46.8 Å². The maximum atomic E-state index is 3.73. The van der Waals surface area contributed by atoms with Crippen molar-refractivity contribution in [1.29, 1.82) is 0 Å². The van der Waals surface area contributed by atoms with Crippen molar-refractivity contribution in [3.05, 3.63) is 11.6 Å². The molecular formula is C15H30N4. The maximum Gasteiger partial charge on any atom is 0.0259 e. The van der Waals surface area contributed by atoms with Gasteiger partial charge < -0.3 is 4.90 Å². The van der Waals surface area contributed by atoms with E-state index < -0.39 is 0 Å². The summed E-state index contributed by atoms with van der Waals surface area (Å²) in [5, 5.41) is 2.43. The van der Waals surface area contributed by atoms with Crippen molar-refractivity contribution in [2.45, 2.75) is 32.7 Å². The molecule has 0 spiro atoms. The van der Waals surface area contributed by atoms with Gasteiger partial charge in [0.1, 0.15) is 0 Å². The van der Waals surface area contributed by atoms with Crippen LogP contribution in [0.3, 0.4) is 0 Å². The zero-order valence-electron chi connectivity index (χ0n) is 12.9. The average molecular weight is 266 g/mol. The van der Waals surface area contributed by atoms with Gasteiger partial charge in [0.2, 0.25) is 0 Å². The number of rotatable bonds is 4. The molecule has 2 aliphatic rings. The second kappa shape index (κ2) is 7.39. The molecule has 110 valence electrons. The highest BCUT2D eigenvalue weighted by atomic mass is 15.5. The van der Waals surface area contributed by atoms with E-state index in [1.165, 1.54) is 44.6 Å². The van der Waals surface area contributed by atoms with Crippen molar-refractivity contribution >= 4 is 0 Å². The van der Waals surface area contributed by atoms with Crippen LogP contribution in [0, 0.1) is 0 Å². The summed E-state index contributed by atoms with van der Waals surface area (Å²) in [5.41, 5.74) is 5.16. The average Bonchev–Trinajstić information content (AvgIpc) is 2.40. The number of hydrazine groups is 1. The second-order valence-corrected chi connectivity index (χ2v) is 6.28. The Bertz CT molecular complexity index is 283. The smallest absolute Gasteiger partial charge is 0.0259 e. The van der Waals surface area contributed by atoms with Crippen LogP contribution < -0.4 is 5.43 Å². The number of piperazine rings is 1. The van der Waals surface area contributed by atoms with Crippen molar-refractivity contribution < 1.29 is 0 Å². The summed E-state index contributed by atoms with van der Waals surface area (Å²) in [6.07, 6.45) is 4.90. The fraction of sp³-hybridized carbons (Fsp3) is 0.867. The number of likely N-dealkylation sites (tertiary alicyclic amines) is 1. The summed E-state index contributed by atoms with van der Waals surface area (Å²) in [6.45, 7) is 12.7. The molecule has 0 aromatic rings. The van der Waals surface area contributed by atoms with E-state index in [-0.39, 0.29) is 0 Å². The molecule has 0 aliphatic carbocycles. The van der Waals surface area contributed by atoms with E-state index in [1.807, 2.05) is 0 Å². The van der Waals surface area contributed by atoms with Crippen LogP contribution in [0.25, 0.3) is 0 Å². The van der Waals surface area contributed by atoms with Gasteiger partial charge in [-0.1, -0.05) is 11.6 Å². The molecule has 4 nitrogen and oxygen atoms in total. The number of nitrogens with zero attached hydrogens (tertiary/aromatic N) is 3. The molecule has 0 radical (unpaired) electrons. The van der Waals surface area contributed by atoms with Crippen molar-refractivity contribution in [3.63, 3.8) is 0 Å². The van der Waals surface area contributed by atoms with Gasteiger partial charge in [0.15, 0.2) is 0 Å². The van der Waals surface area contributed by atoms with E-state index in [1.54, 1.807) is 0 Å². The standard InChI is InChI=1S/C15H30N4/c1-14(2)4-7-18-8-5-15(6-9-18)16-19-12-10-17(3)11-13-19/h4,15-16H,5-13H2,1-3H3. The Morgan fingerprint density at radius 1 is 1.05 bits per heavy atom. The van der Waals surface area contributed by atoms with Crippen LogP contribution in [0.15, 0.2) is 11.6 Å². The highest BCUT2D eigenvalue weighted by Gasteiger charge is 2.21. The number of likely N-dealkylation sites (N-methyl/N-ethyl adjacent to an activating group) is 1. The molecule has 0 aromatic heterocycles. The topological polar surface area (TPSA) is 21.8 Å². The van der Waals surface area contributed by atoms with Gasteiger partial charge in [-0.15, -0.1) is 0 Å². The third-order valence-corrected chi connectivity index (χ3v) is 4.21. The fourth-order valence-electron chi connectivity index (χ4n) is 2.75. The van der Waals surface area contributed by atoms with E-state index in [0.717, 1.165) is 19.6 Å². The van der Waals surface area contributed by atoms with Crippen LogP contribution in [0.4, 0.5) is 0 Å². The first kappa shape index (κ1) is 15.0. The molecule has 0 atom stereocenters. The Morgan fingerprint density at radius 3 is 2.26 bits per heavy atom. The lowest BCUT2D eigenvalue weighted by Crippen LogP contribution is -2.55. The number of hydrogen-bond donors (Lipinski definition) is 1. The van der Waals surface area contributed by atoms with Crippen molar-refractivity contribution in [2.24, 2.45) is 0 Å². The number of hydrogen-bond acceptors (Lipinski definition) is 4. The maximum absolute atomic E-state index is 3.73. The van der Waals surface area contributed by atoms with Gasteiger partial charge in [0.05, 0.1) is 0 Å².